The predicted octanol–water partition coefficient (Wildman–Crippen LogP) is 2.32. The van der Waals surface area contributed by atoms with Gasteiger partial charge in [0.15, 0.2) is 5.82 Å². The summed E-state index contributed by atoms with van der Waals surface area (Å²) in [7, 11) is 0. The minimum atomic E-state index is -0.500. The van der Waals surface area contributed by atoms with Crippen molar-refractivity contribution in [3.63, 3.8) is 0 Å². The maximum Gasteiger partial charge on any atom is 0.292 e. The smallest absolute Gasteiger partial charge is 0.292 e. The van der Waals surface area contributed by atoms with Gasteiger partial charge < -0.3 is 15.6 Å². The van der Waals surface area contributed by atoms with Crippen molar-refractivity contribution in [2.45, 2.75) is 37.8 Å². The number of rotatable bonds is 5. The Morgan fingerprint density at radius 3 is 2.82 bits per heavy atom. The number of nitrogens with one attached hydrogen (secondary N) is 1. The number of nitrogens with two attached hydrogens (primary N) is 1. The molecule has 0 bridgehead atoms. The summed E-state index contributed by atoms with van der Waals surface area (Å²) < 4.78 is 5.19. The number of anilines is 1. The zero-order valence-corrected chi connectivity index (χ0v) is 12.0. The third kappa shape index (κ3) is 2.77. The fraction of sp³-hybridized carbons (Fsp3) is 0.429. The van der Waals surface area contributed by atoms with Crippen molar-refractivity contribution in [2.24, 2.45) is 5.73 Å². The summed E-state index contributed by atoms with van der Waals surface area (Å²) >= 11 is 0. The maximum atomic E-state index is 11.0. The van der Waals surface area contributed by atoms with Gasteiger partial charge in [-0.05, 0) is 18.9 Å². The highest BCUT2D eigenvalue weighted by molar-refractivity contribution is 5.60. The topological polar surface area (TPSA) is 120 Å². The zero-order valence-electron chi connectivity index (χ0n) is 12.0. The van der Waals surface area contributed by atoms with Gasteiger partial charge in [-0.15, -0.1) is 0 Å². The lowest BCUT2D eigenvalue weighted by atomic mass is 9.99. The van der Waals surface area contributed by atoms with Crippen LogP contribution >= 0.6 is 0 Å². The van der Waals surface area contributed by atoms with Gasteiger partial charge in [0.25, 0.3) is 5.69 Å². The fourth-order valence-electron chi connectivity index (χ4n) is 2.71. The van der Waals surface area contributed by atoms with Crippen LogP contribution in [0.3, 0.4) is 0 Å². The lowest BCUT2D eigenvalue weighted by molar-refractivity contribution is -0.384. The van der Waals surface area contributed by atoms with E-state index in [1.54, 1.807) is 18.2 Å². The van der Waals surface area contributed by atoms with Crippen molar-refractivity contribution in [1.29, 1.82) is 0 Å². The first-order chi connectivity index (χ1) is 10.6. The molecule has 3 rings (SSSR count). The molecule has 0 unspecified atom stereocenters. The molecule has 116 valence electrons. The first-order valence-corrected chi connectivity index (χ1v) is 7.18. The average Bonchev–Trinajstić information content (AvgIpc) is 3.15. The first-order valence-electron chi connectivity index (χ1n) is 7.18. The minimum Gasteiger partial charge on any atom is -0.371 e. The van der Waals surface area contributed by atoms with E-state index in [0.29, 0.717) is 17.4 Å². The van der Waals surface area contributed by atoms with E-state index in [0.717, 1.165) is 25.7 Å². The van der Waals surface area contributed by atoms with Crippen LogP contribution < -0.4 is 11.1 Å². The summed E-state index contributed by atoms with van der Waals surface area (Å²) in [5, 5.41) is 17.9. The van der Waals surface area contributed by atoms with E-state index in [1.165, 1.54) is 6.07 Å². The van der Waals surface area contributed by atoms with Gasteiger partial charge in [-0.2, -0.15) is 4.98 Å². The lowest BCUT2D eigenvalue weighted by Crippen LogP contribution is -2.34. The molecule has 2 aromatic rings. The van der Waals surface area contributed by atoms with Crippen LogP contribution in [-0.2, 0) is 12.1 Å². The molecule has 1 aromatic heterocycles. The molecule has 1 saturated carbocycles. The Balaban J connectivity index is 1.70. The van der Waals surface area contributed by atoms with Crippen molar-refractivity contribution in [2.75, 3.05) is 5.32 Å². The molecule has 0 aliphatic heterocycles. The fourth-order valence-corrected chi connectivity index (χ4v) is 2.71. The van der Waals surface area contributed by atoms with Gasteiger partial charge in [0.05, 0.1) is 17.0 Å². The van der Waals surface area contributed by atoms with Crippen molar-refractivity contribution in [3.05, 3.63) is 46.1 Å². The molecule has 22 heavy (non-hydrogen) atoms. The molecule has 0 saturated heterocycles. The highest BCUT2D eigenvalue weighted by Gasteiger charge is 2.35. The SMILES string of the molecule is NC1(c2noc(CNc3ccccc3[N+](=O)[O-])n2)CCCC1. The van der Waals surface area contributed by atoms with E-state index in [2.05, 4.69) is 15.5 Å². The third-order valence-electron chi connectivity index (χ3n) is 3.94. The third-order valence-corrected chi connectivity index (χ3v) is 3.94. The van der Waals surface area contributed by atoms with Gasteiger partial charge in [0.2, 0.25) is 5.89 Å². The van der Waals surface area contributed by atoms with Crippen LogP contribution in [0.5, 0.6) is 0 Å². The number of hydrogen-bond donors (Lipinski definition) is 2. The zero-order chi connectivity index (χ0) is 15.6. The Kier molecular flexibility index (Phi) is 3.76. The molecule has 0 spiro atoms. The van der Waals surface area contributed by atoms with Crippen LogP contribution in [0.2, 0.25) is 0 Å². The van der Waals surface area contributed by atoms with Crippen molar-refractivity contribution in [3.8, 4) is 0 Å². The lowest BCUT2D eigenvalue weighted by Gasteiger charge is -2.17. The van der Waals surface area contributed by atoms with Gasteiger partial charge >= 0.3 is 0 Å². The molecule has 0 radical (unpaired) electrons. The molecule has 1 heterocycles. The minimum absolute atomic E-state index is 0.00771. The largest absolute Gasteiger partial charge is 0.371 e. The van der Waals surface area contributed by atoms with Crippen LogP contribution in [-0.4, -0.2) is 15.1 Å². The van der Waals surface area contributed by atoms with Gasteiger partial charge in [-0.25, -0.2) is 0 Å². The predicted molar refractivity (Wildman–Crippen MR) is 79.1 cm³/mol. The second-order valence-corrected chi connectivity index (χ2v) is 5.50. The Morgan fingerprint density at radius 2 is 2.09 bits per heavy atom. The second-order valence-electron chi connectivity index (χ2n) is 5.50. The van der Waals surface area contributed by atoms with Crippen molar-refractivity contribution >= 4 is 11.4 Å². The summed E-state index contributed by atoms with van der Waals surface area (Å²) in [6.45, 7) is 0.216. The molecule has 1 aromatic carbocycles. The highest BCUT2D eigenvalue weighted by atomic mass is 16.6. The molecule has 0 atom stereocenters. The monoisotopic (exact) mass is 303 g/mol. The van der Waals surface area contributed by atoms with Crippen LogP contribution in [0.4, 0.5) is 11.4 Å². The number of benzene rings is 1. The Hall–Kier alpha value is -2.48. The van der Waals surface area contributed by atoms with Gasteiger partial charge in [-0.1, -0.05) is 30.1 Å². The van der Waals surface area contributed by atoms with Crippen LogP contribution in [0.25, 0.3) is 0 Å². The summed E-state index contributed by atoms with van der Waals surface area (Å²) in [4.78, 5) is 14.8. The molecular weight excluding hydrogens is 286 g/mol. The molecular formula is C14H17N5O3. The molecule has 3 N–H and O–H groups in total. The summed E-state index contributed by atoms with van der Waals surface area (Å²) in [5.41, 5.74) is 6.19. The maximum absolute atomic E-state index is 11.0. The second kappa shape index (κ2) is 5.72. The number of nitro benzene ring substituents is 1. The molecule has 1 aliphatic rings. The molecule has 1 fully saturated rings. The van der Waals surface area contributed by atoms with E-state index in [1.807, 2.05) is 0 Å². The van der Waals surface area contributed by atoms with Crippen LogP contribution in [0.15, 0.2) is 28.8 Å². The Morgan fingerprint density at radius 1 is 1.36 bits per heavy atom. The molecule has 1 aliphatic carbocycles. The van der Waals surface area contributed by atoms with Crippen molar-refractivity contribution in [1.82, 2.24) is 10.1 Å². The van der Waals surface area contributed by atoms with E-state index < -0.39 is 10.5 Å². The van der Waals surface area contributed by atoms with E-state index in [9.17, 15) is 10.1 Å². The molecule has 0 amide bonds. The van der Waals surface area contributed by atoms with Crippen molar-refractivity contribution < 1.29 is 9.45 Å². The van der Waals surface area contributed by atoms with Gasteiger partial charge in [0.1, 0.15) is 5.69 Å². The number of hydrogen-bond acceptors (Lipinski definition) is 7. The number of nitrogens with zero attached hydrogens (tertiary/aromatic N) is 3. The Labute approximate surface area is 126 Å². The normalized spacial score (nSPS) is 16.6. The number of nitro groups is 1. The Bertz CT molecular complexity index is 679. The van der Waals surface area contributed by atoms with Gasteiger partial charge in [0, 0.05) is 6.07 Å². The van der Waals surface area contributed by atoms with Crippen LogP contribution in [0, 0.1) is 10.1 Å². The summed E-state index contributed by atoms with van der Waals surface area (Å²) in [5.74, 6) is 0.884. The molecule has 8 heteroatoms. The highest BCUT2D eigenvalue weighted by Crippen LogP contribution is 2.34. The van der Waals surface area contributed by atoms with E-state index in [-0.39, 0.29) is 12.2 Å². The number of para-hydroxylation sites is 2. The number of aromatic nitrogens is 2. The summed E-state index contributed by atoms with van der Waals surface area (Å²) in [6.07, 6.45) is 3.83. The quantitative estimate of drug-likeness (QED) is 0.642. The van der Waals surface area contributed by atoms with E-state index >= 15 is 0 Å². The summed E-state index contributed by atoms with van der Waals surface area (Å²) in [6, 6.07) is 6.42. The van der Waals surface area contributed by atoms with Gasteiger partial charge in [-0.3, -0.25) is 10.1 Å². The average molecular weight is 303 g/mol. The first kappa shape index (κ1) is 14.5. The standard InChI is InChI=1S/C14H17N5O3/c15-14(7-3-4-8-14)13-17-12(22-18-13)9-16-10-5-1-2-6-11(10)19(20)21/h1-2,5-6,16H,3-4,7-9,15H2. The molecule has 8 nitrogen and oxygen atoms in total. The van der Waals surface area contributed by atoms with E-state index in [4.69, 9.17) is 10.3 Å². The van der Waals surface area contributed by atoms with Crippen LogP contribution in [0.1, 0.15) is 37.4 Å².